The van der Waals surface area contributed by atoms with Gasteiger partial charge in [0, 0.05) is 19.5 Å². The molecule has 0 radical (unpaired) electrons. The molecule has 0 spiro atoms. The highest BCUT2D eigenvalue weighted by Crippen LogP contribution is 2.23. The Morgan fingerprint density at radius 3 is 2.40 bits per heavy atom. The van der Waals surface area contributed by atoms with E-state index in [0.29, 0.717) is 5.89 Å². The maximum atomic E-state index is 11.3. The second-order valence-electron chi connectivity index (χ2n) is 4.25. The Bertz CT molecular complexity index is 353. The molecule has 0 saturated carbocycles. The van der Waals surface area contributed by atoms with Crippen LogP contribution >= 0.6 is 0 Å². The zero-order valence-electron chi connectivity index (χ0n) is 9.66. The van der Waals surface area contributed by atoms with E-state index in [9.17, 15) is 4.79 Å². The first-order valence-electron chi connectivity index (χ1n) is 4.65. The normalized spacial score (nSPS) is 11.3. The van der Waals surface area contributed by atoms with Crippen molar-refractivity contribution in [3.63, 3.8) is 0 Å². The standard InChI is InChI=1S/C9H16N4O2/c1-9(2,3)6-11-12-8(15-6)13(5)7(14)10-4/h1-5H3,(H,10,14). The van der Waals surface area contributed by atoms with E-state index in [1.54, 1.807) is 14.1 Å². The molecule has 6 nitrogen and oxygen atoms in total. The fourth-order valence-corrected chi connectivity index (χ4v) is 0.909. The van der Waals surface area contributed by atoms with Gasteiger partial charge >= 0.3 is 12.0 Å². The van der Waals surface area contributed by atoms with Gasteiger partial charge in [-0.1, -0.05) is 25.9 Å². The number of urea groups is 1. The summed E-state index contributed by atoms with van der Waals surface area (Å²) in [4.78, 5) is 12.5. The lowest BCUT2D eigenvalue weighted by Crippen LogP contribution is -2.35. The number of aromatic nitrogens is 2. The third kappa shape index (κ3) is 2.45. The SMILES string of the molecule is CNC(=O)N(C)c1nnc(C(C)(C)C)o1. The van der Waals surface area contributed by atoms with Crippen molar-refractivity contribution in [2.45, 2.75) is 26.2 Å². The molecule has 0 atom stereocenters. The molecule has 84 valence electrons. The van der Waals surface area contributed by atoms with E-state index in [-0.39, 0.29) is 17.5 Å². The number of nitrogens with zero attached hydrogens (tertiary/aromatic N) is 3. The van der Waals surface area contributed by atoms with Gasteiger partial charge in [0.25, 0.3) is 0 Å². The smallest absolute Gasteiger partial charge is 0.326 e. The monoisotopic (exact) mass is 212 g/mol. The van der Waals surface area contributed by atoms with Crippen LogP contribution in [-0.2, 0) is 5.41 Å². The molecule has 0 aliphatic carbocycles. The van der Waals surface area contributed by atoms with E-state index in [4.69, 9.17) is 4.42 Å². The number of hydrogen-bond donors (Lipinski definition) is 1. The van der Waals surface area contributed by atoms with Crippen molar-refractivity contribution in [1.29, 1.82) is 0 Å². The summed E-state index contributed by atoms with van der Waals surface area (Å²) in [5, 5.41) is 10.2. The van der Waals surface area contributed by atoms with E-state index >= 15 is 0 Å². The highest BCUT2D eigenvalue weighted by molar-refractivity contribution is 5.88. The second kappa shape index (κ2) is 3.88. The summed E-state index contributed by atoms with van der Waals surface area (Å²) in [6, 6.07) is -0.0987. The Hall–Kier alpha value is -1.59. The minimum atomic E-state index is -0.292. The van der Waals surface area contributed by atoms with Crippen LogP contribution < -0.4 is 10.2 Å². The Labute approximate surface area is 88.7 Å². The number of nitrogens with one attached hydrogen (secondary N) is 1. The molecule has 0 aromatic carbocycles. The largest absolute Gasteiger partial charge is 0.407 e. The number of carbonyl (C=O) groups excluding carboxylic acids is 1. The van der Waals surface area contributed by atoms with Gasteiger partial charge in [-0.3, -0.25) is 0 Å². The van der Waals surface area contributed by atoms with Crippen molar-refractivity contribution in [3.8, 4) is 0 Å². The summed E-state index contributed by atoms with van der Waals surface area (Å²) in [5.41, 5.74) is -0.214. The molecule has 0 aliphatic rings. The van der Waals surface area contributed by atoms with Gasteiger partial charge in [-0.05, 0) is 0 Å². The van der Waals surface area contributed by atoms with Crippen LogP contribution in [0.1, 0.15) is 26.7 Å². The van der Waals surface area contributed by atoms with E-state index in [0.717, 1.165) is 0 Å². The van der Waals surface area contributed by atoms with Crippen LogP contribution in [0.4, 0.5) is 10.8 Å². The van der Waals surface area contributed by atoms with E-state index in [2.05, 4.69) is 15.5 Å². The highest BCUT2D eigenvalue weighted by atomic mass is 16.4. The first-order valence-corrected chi connectivity index (χ1v) is 4.65. The molecule has 0 aliphatic heterocycles. The number of hydrogen-bond acceptors (Lipinski definition) is 4. The maximum absolute atomic E-state index is 11.3. The second-order valence-corrected chi connectivity index (χ2v) is 4.25. The predicted octanol–water partition coefficient (Wildman–Crippen LogP) is 1.14. The Morgan fingerprint density at radius 2 is 2.00 bits per heavy atom. The van der Waals surface area contributed by atoms with Gasteiger partial charge in [-0.15, -0.1) is 5.10 Å². The zero-order valence-corrected chi connectivity index (χ0v) is 9.66. The Kier molecular flexibility index (Phi) is 2.97. The number of anilines is 1. The molecule has 0 saturated heterocycles. The molecule has 1 aromatic rings. The number of carbonyl (C=O) groups is 1. The summed E-state index contributed by atoms with van der Waals surface area (Å²) in [6.07, 6.45) is 0. The minimum Gasteiger partial charge on any atom is -0.407 e. The third-order valence-electron chi connectivity index (χ3n) is 1.86. The molecule has 1 heterocycles. The van der Waals surface area contributed by atoms with Gasteiger partial charge in [-0.25, -0.2) is 9.69 Å². The lowest BCUT2D eigenvalue weighted by atomic mass is 9.97. The van der Waals surface area contributed by atoms with Crippen molar-refractivity contribution in [1.82, 2.24) is 15.5 Å². The molecule has 6 heteroatoms. The van der Waals surface area contributed by atoms with Gasteiger partial charge in [-0.2, -0.15) is 0 Å². The molecule has 1 rings (SSSR count). The molecular weight excluding hydrogens is 196 g/mol. The van der Waals surface area contributed by atoms with E-state index < -0.39 is 0 Å². The molecule has 0 fully saturated rings. The molecule has 1 aromatic heterocycles. The first-order chi connectivity index (χ1) is 6.86. The quantitative estimate of drug-likeness (QED) is 0.757. The van der Waals surface area contributed by atoms with Crippen LogP contribution in [0.25, 0.3) is 0 Å². The number of rotatable bonds is 1. The lowest BCUT2D eigenvalue weighted by Gasteiger charge is -2.13. The summed E-state index contributed by atoms with van der Waals surface area (Å²) in [6.45, 7) is 5.89. The summed E-state index contributed by atoms with van der Waals surface area (Å²) < 4.78 is 5.38. The van der Waals surface area contributed by atoms with Gasteiger partial charge in [0.05, 0.1) is 0 Å². The van der Waals surface area contributed by atoms with Gasteiger partial charge in [0.2, 0.25) is 5.89 Å². The minimum absolute atomic E-state index is 0.194. The van der Waals surface area contributed by atoms with Crippen LogP contribution in [0, 0.1) is 0 Å². The van der Waals surface area contributed by atoms with Crippen LogP contribution in [-0.4, -0.2) is 30.3 Å². The molecule has 0 unspecified atom stereocenters. The molecule has 1 N–H and O–H groups in total. The van der Waals surface area contributed by atoms with Crippen LogP contribution in [0.3, 0.4) is 0 Å². The van der Waals surface area contributed by atoms with E-state index in [1.165, 1.54) is 4.90 Å². The van der Waals surface area contributed by atoms with Crippen molar-refractivity contribution >= 4 is 12.0 Å². The van der Waals surface area contributed by atoms with Crippen molar-refractivity contribution in [2.75, 3.05) is 19.0 Å². The van der Waals surface area contributed by atoms with Crippen LogP contribution in [0.5, 0.6) is 0 Å². The van der Waals surface area contributed by atoms with Crippen molar-refractivity contribution in [3.05, 3.63) is 5.89 Å². The first kappa shape index (κ1) is 11.5. The van der Waals surface area contributed by atoms with Gasteiger partial charge in [0.15, 0.2) is 0 Å². The Morgan fingerprint density at radius 1 is 1.40 bits per heavy atom. The van der Waals surface area contributed by atoms with Gasteiger partial charge in [0.1, 0.15) is 0 Å². The lowest BCUT2D eigenvalue weighted by molar-refractivity contribution is 0.248. The van der Waals surface area contributed by atoms with Crippen LogP contribution in [0.2, 0.25) is 0 Å². The van der Waals surface area contributed by atoms with Gasteiger partial charge < -0.3 is 9.73 Å². The topological polar surface area (TPSA) is 71.3 Å². The molecule has 0 bridgehead atoms. The summed E-state index contributed by atoms with van der Waals surface area (Å²) in [7, 11) is 3.11. The Balaban J connectivity index is 2.89. The average Bonchev–Trinajstić information content (AvgIpc) is 2.63. The van der Waals surface area contributed by atoms with Crippen molar-refractivity contribution in [2.24, 2.45) is 0 Å². The fourth-order valence-electron chi connectivity index (χ4n) is 0.909. The molecule has 15 heavy (non-hydrogen) atoms. The zero-order chi connectivity index (χ0) is 11.6. The summed E-state index contributed by atoms with van der Waals surface area (Å²) in [5.74, 6) is 0.508. The number of amides is 2. The maximum Gasteiger partial charge on any atom is 0.326 e. The molecular formula is C9H16N4O2. The predicted molar refractivity (Wildman–Crippen MR) is 55.9 cm³/mol. The third-order valence-corrected chi connectivity index (χ3v) is 1.86. The highest BCUT2D eigenvalue weighted by Gasteiger charge is 2.24. The van der Waals surface area contributed by atoms with E-state index in [1.807, 2.05) is 20.8 Å². The summed E-state index contributed by atoms with van der Waals surface area (Å²) >= 11 is 0. The van der Waals surface area contributed by atoms with Crippen LogP contribution in [0.15, 0.2) is 4.42 Å². The molecule has 2 amide bonds. The average molecular weight is 212 g/mol. The fraction of sp³-hybridized carbons (Fsp3) is 0.667. The van der Waals surface area contributed by atoms with Crippen molar-refractivity contribution < 1.29 is 9.21 Å².